The Labute approximate surface area is 134 Å². The predicted molar refractivity (Wildman–Crippen MR) is 83.9 cm³/mol. The molecule has 2 aliphatic rings. The van der Waals surface area contributed by atoms with Crippen molar-refractivity contribution in [3.8, 4) is 11.5 Å². The quantitative estimate of drug-likeness (QED) is 0.918. The summed E-state index contributed by atoms with van der Waals surface area (Å²) in [5.74, 6) is 2.37. The maximum atomic E-state index is 12.5. The van der Waals surface area contributed by atoms with Crippen LogP contribution < -0.4 is 14.8 Å². The van der Waals surface area contributed by atoms with E-state index < -0.39 is 0 Å². The molecule has 23 heavy (non-hydrogen) atoms. The molecule has 1 aromatic carbocycles. The number of amides is 1. The van der Waals surface area contributed by atoms with E-state index in [-0.39, 0.29) is 11.9 Å². The average Bonchev–Trinajstić information content (AvgIpc) is 2.90. The Morgan fingerprint density at radius 3 is 3.04 bits per heavy atom. The van der Waals surface area contributed by atoms with Gasteiger partial charge in [0.2, 0.25) is 0 Å². The van der Waals surface area contributed by atoms with Gasteiger partial charge in [-0.25, -0.2) is 4.98 Å². The number of rotatable bonds is 2. The summed E-state index contributed by atoms with van der Waals surface area (Å²) in [5, 5.41) is 3.10. The number of carbonyl (C=O) groups excluding carboxylic acids is 1. The van der Waals surface area contributed by atoms with Crippen LogP contribution in [0.2, 0.25) is 0 Å². The van der Waals surface area contributed by atoms with Crippen molar-refractivity contribution in [2.24, 2.45) is 0 Å². The van der Waals surface area contributed by atoms with Gasteiger partial charge in [-0.2, -0.15) is 0 Å². The minimum absolute atomic E-state index is 0.0748. The Hall–Kier alpha value is -2.50. The molecule has 0 saturated heterocycles. The van der Waals surface area contributed by atoms with Gasteiger partial charge in [0.1, 0.15) is 5.82 Å². The highest BCUT2D eigenvalue weighted by atomic mass is 16.5. The SMILES string of the molecule is O=C(NC1CCc2nccn2C1)c1ccc2c(c1)OCCCO2. The van der Waals surface area contributed by atoms with Crippen LogP contribution in [0.1, 0.15) is 29.0 Å². The number of nitrogens with one attached hydrogen (secondary N) is 1. The van der Waals surface area contributed by atoms with E-state index in [4.69, 9.17) is 9.47 Å². The lowest BCUT2D eigenvalue weighted by Crippen LogP contribution is -2.40. The molecule has 2 aromatic rings. The van der Waals surface area contributed by atoms with Gasteiger partial charge in [0, 0.05) is 43.4 Å². The fraction of sp³-hybridized carbons (Fsp3) is 0.412. The van der Waals surface area contributed by atoms with E-state index in [0.717, 1.165) is 31.6 Å². The molecule has 6 nitrogen and oxygen atoms in total. The van der Waals surface area contributed by atoms with Gasteiger partial charge in [0.05, 0.1) is 13.2 Å². The van der Waals surface area contributed by atoms with Crippen LogP contribution in [0, 0.1) is 0 Å². The minimum Gasteiger partial charge on any atom is -0.490 e. The van der Waals surface area contributed by atoms with Crippen LogP contribution >= 0.6 is 0 Å². The summed E-state index contributed by atoms with van der Waals surface area (Å²) in [7, 11) is 0. The second-order valence-electron chi connectivity index (χ2n) is 5.92. The largest absolute Gasteiger partial charge is 0.490 e. The highest BCUT2D eigenvalue weighted by Crippen LogP contribution is 2.30. The number of imidazole rings is 1. The number of carbonyl (C=O) groups is 1. The molecule has 3 heterocycles. The maximum Gasteiger partial charge on any atom is 0.251 e. The number of nitrogens with zero attached hydrogens (tertiary/aromatic N) is 2. The second kappa shape index (κ2) is 5.95. The third-order valence-electron chi connectivity index (χ3n) is 4.28. The van der Waals surface area contributed by atoms with Gasteiger partial charge < -0.3 is 19.4 Å². The van der Waals surface area contributed by atoms with Crippen LogP contribution in [-0.2, 0) is 13.0 Å². The van der Waals surface area contributed by atoms with Crippen LogP contribution in [-0.4, -0.2) is 34.7 Å². The van der Waals surface area contributed by atoms with Crippen LogP contribution in [0.15, 0.2) is 30.6 Å². The zero-order chi connectivity index (χ0) is 15.6. The van der Waals surface area contributed by atoms with E-state index in [2.05, 4.69) is 14.9 Å². The molecule has 120 valence electrons. The Morgan fingerprint density at radius 2 is 2.13 bits per heavy atom. The molecule has 2 aliphatic heterocycles. The van der Waals surface area contributed by atoms with Crippen molar-refractivity contribution in [2.45, 2.75) is 31.8 Å². The average molecular weight is 313 g/mol. The normalized spacial score (nSPS) is 19.6. The van der Waals surface area contributed by atoms with Crippen molar-refractivity contribution in [1.29, 1.82) is 0 Å². The van der Waals surface area contributed by atoms with E-state index in [1.807, 2.05) is 18.5 Å². The summed E-state index contributed by atoms with van der Waals surface area (Å²) < 4.78 is 13.3. The number of fused-ring (bicyclic) bond motifs is 2. The molecule has 0 bridgehead atoms. The topological polar surface area (TPSA) is 65.4 Å². The molecule has 1 atom stereocenters. The van der Waals surface area contributed by atoms with Crippen LogP contribution in [0.5, 0.6) is 11.5 Å². The molecule has 1 N–H and O–H groups in total. The highest BCUT2D eigenvalue weighted by Gasteiger charge is 2.21. The van der Waals surface area contributed by atoms with Crippen molar-refractivity contribution >= 4 is 5.91 Å². The van der Waals surface area contributed by atoms with E-state index in [0.29, 0.717) is 30.3 Å². The molecule has 0 radical (unpaired) electrons. The van der Waals surface area contributed by atoms with Crippen LogP contribution in [0.3, 0.4) is 0 Å². The van der Waals surface area contributed by atoms with Gasteiger partial charge >= 0.3 is 0 Å². The van der Waals surface area contributed by atoms with Gasteiger partial charge in [-0.15, -0.1) is 0 Å². The summed E-state index contributed by atoms with van der Waals surface area (Å²) in [6, 6.07) is 5.49. The first kappa shape index (κ1) is 14.1. The van der Waals surface area contributed by atoms with Gasteiger partial charge in [-0.05, 0) is 24.6 Å². The van der Waals surface area contributed by atoms with E-state index in [1.165, 1.54) is 0 Å². The number of aromatic nitrogens is 2. The van der Waals surface area contributed by atoms with Crippen LogP contribution in [0.25, 0.3) is 0 Å². The standard InChI is InChI=1S/C17H19N3O3/c21-17(19-13-3-5-16-18-6-7-20(16)11-13)12-2-4-14-15(10-12)23-9-1-8-22-14/h2,4,6-7,10,13H,1,3,5,8-9,11H2,(H,19,21). The summed E-state index contributed by atoms with van der Waals surface area (Å²) >= 11 is 0. The molecule has 1 amide bonds. The molecule has 1 aromatic heterocycles. The van der Waals surface area contributed by atoms with Crippen molar-refractivity contribution in [2.75, 3.05) is 13.2 Å². The first-order chi connectivity index (χ1) is 11.3. The Morgan fingerprint density at radius 1 is 1.26 bits per heavy atom. The number of ether oxygens (including phenoxy) is 2. The third kappa shape index (κ3) is 2.88. The number of hydrogen-bond acceptors (Lipinski definition) is 4. The first-order valence-corrected chi connectivity index (χ1v) is 8.00. The molecular weight excluding hydrogens is 294 g/mol. The maximum absolute atomic E-state index is 12.5. The molecule has 1 unspecified atom stereocenters. The van der Waals surface area contributed by atoms with Crippen molar-refractivity contribution in [3.63, 3.8) is 0 Å². The fourth-order valence-electron chi connectivity index (χ4n) is 3.06. The zero-order valence-corrected chi connectivity index (χ0v) is 12.8. The first-order valence-electron chi connectivity index (χ1n) is 8.00. The summed E-state index contributed by atoms with van der Waals surface area (Å²) in [5.41, 5.74) is 0.602. The number of aryl methyl sites for hydroxylation is 1. The van der Waals surface area contributed by atoms with Gasteiger partial charge in [0.25, 0.3) is 5.91 Å². The van der Waals surface area contributed by atoms with E-state index in [1.54, 1.807) is 12.1 Å². The van der Waals surface area contributed by atoms with E-state index >= 15 is 0 Å². The summed E-state index contributed by atoms with van der Waals surface area (Å²) in [6.45, 7) is 2.03. The van der Waals surface area contributed by atoms with Crippen molar-refractivity contribution in [1.82, 2.24) is 14.9 Å². The summed E-state index contributed by atoms with van der Waals surface area (Å²) in [6.07, 6.45) is 6.42. The molecule has 6 heteroatoms. The lowest BCUT2D eigenvalue weighted by atomic mass is 10.1. The fourth-order valence-corrected chi connectivity index (χ4v) is 3.06. The lowest BCUT2D eigenvalue weighted by molar-refractivity contribution is 0.0927. The van der Waals surface area contributed by atoms with Crippen LogP contribution in [0.4, 0.5) is 0 Å². The number of benzene rings is 1. The Bertz CT molecular complexity index is 726. The summed E-state index contributed by atoms with van der Waals surface area (Å²) in [4.78, 5) is 16.8. The molecule has 0 aliphatic carbocycles. The van der Waals surface area contributed by atoms with E-state index in [9.17, 15) is 4.79 Å². The molecule has 0 spiro atoms. The monoisotopic (exact) mass is 313 g/mol. The minimum atomic E-state index is -0.0748. The third-order valence-corrected chi connectivity index (χ3v) is 4.28. The predicted octanol–water partition coefficient (Wildman–Crippen LogP) is 1.79. The number of hydrogen-bond donors (Lipinski definition) is 1. The van der Waals surface area contributed by atoms with Gasteiger partial charge in [-0.3, -0.25) is 4.79 Å². The molecule has 4 rings (SSSR count). The van der Waals surface area contributed by atoms with Crippen molar-refractivity contribution < 1.29 is 14.3 Å². The molecule has 0 fully saturated rings. The highest BCUT2D eigenvalue weighted by molar-refractivity contribution is 5.95. The molecular formula is C17H19N3O3. The lowest BCUT2D eigenvalue weighted by Gasteiger charge is -2.24. The Kier molecular flexibility index (Phi) is 3.65. The molecule has 0 saturated carbocycles. The zero-order valence-electron chi connectivity index (χ0n) is 12.8. The van der Waals surface area contributed by atoms with Crippen molar-refractivity contribution in [3.05, 3.63) is 42.0 Å². The smallest absolute Gasteiger partial charge is 0.251 e. The second-order valence-corrected chi connectivity index (χ2v) is 5.92. The van der Waals surface area contributed by atoms with Gasteiger partial charge in [-0.1, -0.05) is 0 Å². The Balaban J connectivity index is 1.46. The van der Waals surface area contributed by atoms with Gasteiger partial charge in [0.15, 0.2) is 11.5 Å².